The molecule has 1 heterocycles. The first-order chi connectivity index (χ1) is 9.82. The summed E-state index contributed by atoms with van der Waals surface area (Å²) in [6, 6.07) is 2.92. The van der Waals surface area contributed by atoms with Gasteiger partial charge in [0.15, 0.2) is 0 Å². The van der Waals surface area contributed by atoms with Crippen molar-refractivity contribution >= 4 is 11.3 Å². The van der Waals surface area contributed by atoms with Gasteiger partial charge in [-0.15, -0.1) is 11.3 Å². The van der Waals surface area contributed by atoms with Crippen LogP contribution in [0.2, 0.25) is 0 Å². The second kappa shape index (κ2) is 6.46. The van der Waals surface area contributed by atoms with Gasteiger partial charge in [-0.3, -0.25) is 4.90 Å². The molecule has 1 fully saturated rings. The monoisotopic (exact) mass is 305 g/mol. The van der Waals surface area contributed by atoms with Crippen molar-refractivity contribution in [2.24, 2.45) is 17.3 Å². The van der Waals surface area contributed by atoms with E-state index in [-0.39, 0.29) is 5.92 Å². The summed E-state index contributed by atoms with van der Waals surface area (Å²) in [4.78, 5) is 8.04. The zero-order valence-corrected chi connectivity index (χ0v) is 14.7. The van der Waals surface area contributed by atoms with Crippen LogP contribution >= 0.6 is 11.3 Å². The minimum absolute atomic E-state index is 0.168. The lowest BCUT2D eigenvalue weighted by atomic mass is 9.68. The standard InChI is InChI=1S/C17H27N3S/c1-12-16(21-11-19-12)10-20(5)15-8-14(17(2,3)4)7-6-13(15)9-18/h11,13-15H,6-8,10H2,1-5H3. The maximum Gasteiger partial charge on any atom is 0.0798 e. The molecule has 0 radical (unpaired) electrons. The lowest BCUT2D eigenvalue weighted by Crippen LogP contribution is -2.44. The van der Waals surface area contributed by atoms with Crippen LogP contribution < -0.4 is 0 Å². The van der Waals surface area contributed by atoms with Crippen molar-refractivity contribution < 1.29 is 0 Å². The Bertz CT molecular complexity index is 509. The van der Waals surface area contributed by atoms with Gasteiger partial charge in [0.2, 0.25) is 0 Å². The Kier molecular flexibility index (Phi) is 5.06. The first kappa shape index (κ1) is 16.5. The molecule has 0 N–H and O–H groups in total. The predicted octanol–water partition coefficient (Wildman–Crippen LogP) is 4.24. The van der Waals surface area contributed by atoms with Gasteiger partial charge in [0.05, 0.1) is 23.2 Å². The Labute approximate surface area is 133 Å². The number of hydrogen-bond donors (Lipinski definition) is 0. The molecule has 116 valence electrons. The largest absolute Gasteiger partial charge is 0.297 e. The molecule has 1 aliphatic carbocycles. The molecule has 0 bridgehead atoms. The van der Waals surface area contributed by atoms with E-state index in [1.165, 1.54) is 11.3 Å². The summed E-state index contributed by atoms with van der Waals surface area (Å²) in [5, 5.41) is 9.49. The van der Waals surface area contributed by atoms with E-state index >= 15 is 0 Å². The van der Waals surface area contributed by atoms with Crippen LogP contribution in [-0.2, 0) is 6.54 Å². The summed E-state index contributed by atoms with van der Waals surface area (Å²) < 4.78 is 0. The van der Waals surface area contributed by atoms with Crippen LogP contribution in [0.4, 0.5) is 0 Å². The quantitative estimate of drug-likeness (QED) is 0.838. The zero-order chi connectivity index (χ0) is 15.6. The van der Waals surface area contributed by atoms with E-state index in [1.54, 1.807) is 11.3 Å². The molecule has 1 aliphatic rings. The van der Waals surface area contributed by atoms with Crippen molar-refractivity contribution in [3.8, 4) is 6.07 Å². The van der Waals surface area contributed by atoms with E-state index in [0.717, 1.165) is 25.1 Å². The van der Waals surface area contributed by atoms with E-state index < -0.39 is 0 Å². The van der Waals surface area contributed by atoms with Gasteiger partial charge in [-0.25, -0.2) is 4.98 Å². The molecule has 0 spiro atoms. The van der Waals surface area contributed by atoms with Crippen LogP contribution in [0.5, 0.6) is 0 Å². The summed E-state index contributed by atoms with van der Waals surface area (Å²) in [5.74, 6) is 0.874. The average molecular weight is 305 g/mol. The summed E-state index contributed by atoms with van der Waals surface area (Å²) >= 11 is 1.72. The Morgan fingerprint density at radius 2 is 2.14 bits per heavy atom. The topological polar surface area (TPSA) is 39.9 Å². The minimum Gasteiger partial charge on any atom is -0.297 e. The molecule has 3 unspecified atom stereocenters. The Balaban J connectivity index is 2.10. The molecule has 2 rings (SSSR count). The third-order valence-electron chi connectivity index (χ3n) is 5.01. The first-order valence-electron chi connectivity index (χ1n) is 7.81. The van der Waals surface area contributed by atoms with Crippen molar-refractivity contribution in [1.29, 1.82) is 5.26 Å². The van der Waals surface area contributed by atoms with Crippen molar-refractivity contribution in [3.05, 3.63) is 16.1 Å². The minimum atomic E-state index is 0.168. The molecular weight excluding hydrogens is 278 g/mol. The van der Waals surface area contributed by atoms with Gasteiger partial charge in [-0.2, -0.15) is 5.26 Å². The van der Waals surface area contributed by atoms with Gasteiger partial charge in [0.25, 0.3) is 0 Å². The molecular formula is C17H27N3S. The van der Waals surface area contributed by atoms with Gasteiger partial charge in [-0.1, -0.05) is 20.8 Å². The molecule has 0 saturated heterocycles. The van der Waals surface area contributed by atoms with Crippen molar-refractivity contribution in [2.75, 3.05) is 7.05 Å². The normalized spacial score (nSPS) is 26.8. The van der Waals surface area contributed by atoms with Crippen molar-refractivity contribution in [2.45, 2.75) is 59.5 Å². The predicted molar refractivity (Wildman–Crippen MR) is 88.0 cm³/mol. The molecule has 21 heavy (non-hydrogen) atoms. The zero-order valence-electron chi connectivity index (χ0n) is 13.9. The number of hydrogen-bond acceptors (Lipinski definition) is 4. The van der Waals surface area contributed by atoms with Gasteiger partial charge < -0.3 is 0 Å². The highest BCUT2D eigenvalue weighted by atomic mass is 32.1. The van der Waals surface area contributed by atoms with Crippen LogP contribution in [0.25, 0.3) is 0 Å². The molecule has 1 aromatic heterocycles. The highest BCUT2D eigenvalue weighted by molar-refractivity contribution is 7.09. The van der Waals surface area contributed by atoms with E-state index in [2.05, 4.69) is 50.7 Å². The highest BCUT2D eigenvalue weighted by Crippen LogP contribution is 2.41. The summed E-state index contributed by atoms with van der Waals surface area (Å²) in [7, 11) is 2.17. The molecule has 0 aliphatic heterocycles. The number of nitrogens with zero attached hydrogens (tertiary/aromatic N) is 3. The van der Waals surface area contributed by atoms with Gasteiger partial charge >= 0.3 is 0 Å². The lowest BCUT2D eigenvalue weighted by molar-refractivity contribution is 0.0717. The number of aromatic nitrogens is 1. The average Bonchev–Trinajstić information content (AvgIpc) is 2.82. The fourth-order valence-corrected chi connectivity index (χ4v) is 4.23. The fraction of sp³-hybridized carbons (Fsp3) is 0.765. The van der Waals surface area contributed by atoms with Crippen LogP contribution in [0.15, 0.2) is 5.51 Å². The Hall–Kier alpha value is -0.920. The lowest BCUT2D eigenvalue weighted by Gasteiger charge is -2.43. The fourth-order valence-electron chi connectivity index (χ4n) is 3.39. The second-order valence-corrected chi connectivity index (χ2v) is 8.39. The van der Waals surface area contributed by atoms with Crippen LogP contribution in [-0.4, -0.2) is 23.0 Å². The first-order valence-corrected chi connectivity index (χ1v) is 8.69. The Morgan fingerprint density at radius 1 is 1.43 bits per heavy atom. The molecule has 3 nitrogen and oxygen atoms in total. The van der Waals surface area contributed by atoms with Crippen LogP contribution in [0.3, 0.4) is 0 Å². The molecule has 0 amide bonds. The van der Waals surface area contributed by atoms with E-state index in [9.17, 15) is 5.26 Å². The maximum atomic E-state index is 9.49. The van der Waals surface area contributed by atoms with Crippen LogP contribution in [0, 0.1) is 35.5 Å². The molecule has 1 saturated carbocycles. The highest BCUT2D eigenvalue weighted by Gasteiger charge is 2.37. The summed E-state index contributed by atoms with van der Waals surface area (Å²) in [5.41, 5.74) is 3.38. The smallest absolute Gasteiger partial charge is 0.0798 e. The number of rotatable bonds is 3. The molecule has 4 heteroatoms. The number of thiazole rings is 1. The van der Waals surface area contributed by atoms with E-state index in [1.807, 2.05) is 5.51 Å². The number of nitriles is 1. The van der Waals surface area contributed by atoms with E-state index in [4.69, 9.17) is 0 Å². The van der Waals surface area contributed by atoms with Gasteiger partial charge in [0, 0.05) is 17.5 Å². The second-order valence-electron chi connectivity index (χ2n) is 7.46. The SMILES string of the molecule is Cc1ncsc1CN(C)C1CC(C(C)(C)C)CCC1C#N. The molecule has 1 aromatic rings. The maximum absolute atomic E-state index is 9.49. The third-order valence-corrected chi connectivity index (χ3v) is 5.93. The van der Waals surface area contributed by atoms with E-state index in [0.29, 0.717) is 17.4 Å². The van der Waals surface area contributed by atoms with Gasteiger partial charge in [0.1, 0.15) is 0 Å². The summed E-state index contributed by atoms with van der Waals surface area (Å²) in [6.45, 7) is 9.97. The summed E-state index contributed by atoms with van der Waals surface area (Å²) in [6.07, 6.45) is 3.36. The molecule has 3 atom stereocenters. The number of aryl methyl sites for hydroxylation is 1. The van der Waals surface area contributed by atoms with Crippen LogP contribution in [0.1, 0.15) is 50.6 Å². The van der Waals surface area contributed by atoms with Crippen molar-refractivity contribution in [1.82, 2.24) is 9.88 Å². The molecule has 0 aromatic carbocycles. The van der Waals surface area contributed by atoms with Gasteiger partial charge in [-0.05, 0) is 44.6 Å². The Morgan fingerprint density at radius 3 is 2.67 bits per heavy atom. The van der Waals surface area contributed by atoms with Crippen molar-refractivity contribution in [3.63, 3.8) is 0 Å². The third kappa shape index (κ3) is 3.84.